The van der Waals surface area contributed by atoms with E-state index in [2.05, 4.69) is 4.98 Å². The van der Waals surface area contributed by atoms with Gasteiger partial charge in [-0.1, -0.05) is 12.1 Å². The number of aliphatic hydroxyl groups excluding tert-OH is 1. The molecule has 0 unspecified atom stereocenters. The van der Waals surface area contributed by atoms with Crippen molar-refractivity contribution in [2.24, 2.45) is 0 Å². The zero-order valence-corrected chi connectivity index (χ0v) is 8.21. The molecule has 0 amide bonds. The van der Waals surface area contributed by atoms with E-state index in [-0.39, 0.29) is 11.4 Å². The summed E-state index contributed by atoms with van der Waals surface area (Å²) in [4.78, 5) is 15.9. The van der Waals surface area contributed by atoms with Gasteiger partial charge in [0.15, 0.2) is 0 Å². The molecule has 1 N–H and O–H groups in total. The third kappa shape index (κ3) is 1.55. The molecule has 0 aliphatic heterocycles. The van der Waals surface area contributed by atoms with Crippen molar-refractivity contribution in [1.82, 2.24) is 9.46 Å². The summed E-state index contributed by atoms with van der Waals surface area (Å²) in [6, 6.07) is 6.89. The molecule has 0 aliphatic carbocycles. The first-order chi connectivity index (χ1) is 7.11. The maximum atomic E-state index is 11.7. The Morgan fingerprint density at radius 1 is 1.47 bits per heavy atom. The van der Waals surface area contributed by atoms with Gasteiger partial charge in [0.25, 0.3) is 0 Å². The second-order valence-electron chi connectivity index (χ2n) is 3.34. The molecule has 1 aromatic carbocycles. The van der Waals surface area contributed by atoms with Gasteiger partial charge >= 0.3 is 0 Å². The van der Waals surface area contributed by atoms with E-state index in [4.69, 9.17) is 7.98 Å². The Labute approximate surface area is 87.6 Å². The first-order valence-electron chi connectivity index (χ1n) is 4.56. The number of benzene rings is 1. The number of para-hydroxylation sites is 1. The number of aromatic nitrogens is 2. The average molecular weight is 200 g/mol. The van der Waals surface area contributed by atoms with E-state index in [9.17, 15) is 9.90 Å². The first-order valence-corrected chi connectivity index (χ1v) is 4.56. The minimum atomic E-state index is -0.868. The summed E-state index contributed by atoms with van der Waals surface area (Å²) in [7, 11) is 5.53. The molecule has 0 aliphatic rings. The lowest BCUT2D eigenvalue weighted by molar-refractivity contribution is 0.187. The fraction of sp³-hybridized carbons (Fsp3) is 0.200. The molecule has 0 saturated carbocycles. The molecular weight excluding hydrogens is 191 g/mol. The maximum absolute atomic E-state index is 11.7. The van der Waals surface area contributed by atoms with Crippen molar-refractivity contribution in [2.45, 2.75) is 13.0 Å². The Hall–Kier alpha value is -1.62. The Kier molecular flexibility index (Phi) is 2.32. The topological polar surface area (TPSA) is 55.1 Å². The minimum absolute atomic E-state index is 0.165. The molecule has 74 valence electrons. The third-order valence-corrected chi connectivity index (χ3v) is 2.21. The smallest absolute Gasteiger partial charge is 0.248 e. The molecule has 2 rings (SSSR count). The van der Waals surface area contributed by atoms with E-state index < -0.39 is 6.10 Å². The highest BCUT2D eigenvalue weighted by atomic mass is 16.3. The van der Waals surface area contributed by atoms with Crippen molar-refractivity contribution < 1.29 is 5.11 Å². The Morgan fingerprint density at radius 2 is 2.13 bits per heavy atom. The molecule has 1 aromatic heterocycles. The summed E-state index contributed by atoms with van der Waals surface area (Å²) in [6.45, 7) is 1.51. The molecule has 1 atom stereocenters. The van der Waals surface area contributed by atoms with Gasteiger partial charge in [-0.25, -0.2) is 4.98 Å². The highest BCUT2D eigenvalue weighted by Crippen LogP contribution is 2.11. The van der Waals surface area contributed by atoms with Gasteiger partial charge in [-0.05, 0) is 19.1 Å². The van der Waals surface area contributed by atoms with Crippen LogP contribution >= 0.6 is 0 Å². The van der Waals surface area contributed by atoms with Crippen LogP contribution in [0, 0.1) is 0 Å². The standard InChI is InChI=1S/C10H9BN2O2/c1-6(14)9-12-8-5-3-2-4-7(8)10(15)13(9)11/h2-6,14H,1H3/t6-/m1/s1. The third-order valence-electron chi connectivity index (χ3n) is 2.21. The highest BCUT2D eigenvalue weighted by molar-refractivity contribution is 6.07. The second kappa shape index (κ2) is 3.51. The Morgan fingerprint density at radius 3 is 2.80 bits per heavy atom. The summed E-state index contributed by atoms with van der Waals surface area (Å²) in [5, 5.41) is 9.83. The molecule has 1 heterocycles. The summed E-state index contributed by atoms with van der Waals surface area (Å²) in [6.07, 6.45) is -0.868. The zero-order valence-electron chi connectivity index (χ0n) is 8.21. The van der Waals surface area contributed by atoms with Crippen LogP contribution < -0.4 is 5.56 Å². The van der Waals surface area contributed by atoms with E-state index in [0.717, 1.165) is 4.48 Å². The van der Waals surface area contributed by atoms with Crippen LogP contribution in [-0.4, -0.2) is 22.5 Å². The number of hydrogen-bond donors (Lipinski definition) is 1. The maximum Gasteiger partial charge on any atom is 0.248 e. The molecular formula is C10H9BN2O2. The molecule has 2 aromatic rings. The molecule has 0 bridgehead atoms. The summed E-state index contributed by atoms with van der Waals surface area (Å²) < 4.78 is 0.882. The molecule has 15 heavy (non-hydrogen) atoms. The quantitative estimate of drug-likeness (QED) is 0.677. The fourth-order valence-corrected chi connectivity index (χ4v) is 1.46. The monoisotopic (exact) mass is 200 g/mol. The van der Waals surface area contributed by atoms with Crippen LogP contribution in [0.3, 0.4) is 0 Å². The van der Waals surface area contributed by atoms with E-state index in [1.54, 1.807) is 24.3 Å². The summed E-state index contributed by atoms with van der Waals surface area (Å²) in [5.41, 5.74) is 0.191. The van der Waals surface area contributed by atoms with Gasteiger partial charge in [0.2, 0.25) is 13.5 Å². The number of fused-ring (bicyclic) bond motifs is 1. The van der Waals surface area contributed by atoms with Crippen molar-refractivity contribution in [3.8, 4) is 0 Å². The van der Waals surface area contributed by atoms with Crippen LogP contribution in [0.15, 0.2) is 29.1 Å². The van der Waals surface area contributed by atoms with Crippen LogP contribution in [0.1, 0.15) is 18.9 Å². The van der Waals surface area contributed by atoms with E-state index in [1.807, 2.05) is 0 Å². The van der Waals surface area contributed by atoms with Crippen LogP contribution in [0.25, 0.3) is 10.9 Å². The molecule has 0 saturated heterocycles. The van der Waals surface area contributed by atoms with E-state index in [0.29, 0.717) is 10.9 Å². The van der Waals surface area contributed by atoms with Gasteiger partial charge in [-0.15, -0.1) is 0 Å². The SMILES string of the molecule is [B]n1c([C@@H](C)O)nc2ccccc2c1=O. The fourth-order valence-electron chi connectivity index (χ4n) is 1.46. The second-order valence-corrected chi connectivity index (χ2v) is 3.34. The van der Waals surface area contributed by atoms with Crippen LogP contribution in [0.4, 0.5) is 0 Å². The lowest BCUT2D eigenvalue weighted by Crippen LogP contribution is -2.25. The van der Waals surface area contributed by atoms with Gasteiger partial charge in [-0.2, -0.15) is 0 Å². The van der Waals surface area contributed by atoms with Crippen molar-refractivity contribution in [2.75, 3.05) is 0 Å². The van der Waals surface area contributed by atoms with Crippen LogP contribution in [0.5, 0.6) is 0 Å². The molecule has 0 fully saturated rings. The Bertz CT molecular complexity index is 563. The predicted molar refractivity (Wildman–Crippen MR) is 57.8 cm³/mol. The lowest BCUT2D eigenvalue weighted by Gasteiger charge is -2.11. The van der Waals surface area contributed by atoms with Gasteiger partial charge in [0.05, 0.1) is 10.9 Å². The zero-order chi connectivity index (χ0) is 11.0. The van der Waals surface area contributed by atoms with Crippen molar-refractivity contribution in [3.63, 3.8) is 0 Å². The van der Waals surface area contributed by atoms with Gasteiger partial charge in [0.1, 0.15) is 11.9 Å². The van der Waals surface area contributed by atoms with Gasteiger partial charge < -0.3 is 9.58 Å². The number of nitrogens with zero attached hydrogens (tertiary/aromatic N) is 2. The number of hydrogen-bond acceptors (Lipinski definition) is 3. The molecule has 2 radical (unpaired) electrons. The van der Waals surface area contributed by atoms with Gasteiger partial charge in [-0.3, -0.25) is 4.79 Å². The first kappa shape index (κ1) is 9.92. The normalized spacial score (nSPS) is 12.9. The van der Waals surface area contributed by atoms with E-state index >= 15 is 0 Å². The summed E-state index contributed by atoms with van der Waals surface area (Å²) >= 11 is 0. The minimum Gasteiger partial charge on any atom is -0.386 e. The molecule has 0 spiro atoms. The summed E-state index contributed by atoms with van der Waals surface area (Å²) in [5.74, 6) is 0.165. The molecule has 5 heteroatoms. The van der Waals surface area contributed by atoms with E-state index in [1.165, 1.54) is 6.92 Å². The predicted octanol–water partition coefficient (Wildman–Crippen LogP) is 0.381. The lowest BCUT2D eigenvalue weighted by atomic mass is 10.2. The van der Waals surface area contributed by atoms with Crippen molar-refractivity contribution in [1.29, 1.82) is 0 Å². The van der Waals surface area contributed by atoms with Crippen molar-refractivity contribution >= 4 is 18.9 Å². The Balaban J connectivity index is 2.89. The van der Waals surface area contributed by atoms with Crippen LogP contribution in [-0.2, 0) is 0 Å². The highest BCUT2D eigenvalue weighted by Gasteiger charge is 2.10. The number of aliphatic hydroxyl groups is 1. The largest absolute Gasteiger partial charge is 0.386 e. The number of rotatable bonds is 1. The van der Waals surface area contributed by atoms with Gasteiger partial charge in [0, 0.05) is 0 Å². The van der Waals surface area contributed by atoms with Crippen molar-refractivity contribution in [3.05, 3.63) is 40.4 Å². The average Bonchev–Trinajstić information content (AvgIpc) is 2.23. The van der Waals surface area contributed by atoms with Crippen LogP contribution in [0.2, 0.25) is 0 Å². The molecule has 4 nitrogen and oxygen atoms in total.